The second-order valence-electron chi connectivity index (χ2n) is 4.91. The minimum Gasteiger partial charge on any atom is -0.376 e. The zero-order valence-electron chi connectivity index (χ0n) is 11.5. The van der Waals surface area contributed by atoms with Crippen LogP contribution < -0.4 is 10.6 Å². The van der Waals surface area contributed by atoms with Crippen LogP contribution in [0.5, 0.6) is 0 Å². The molecule has 0 bridgehead atoms. The smallest absolute Gasteiger partial charge is 0.224 e. The van der Waals surface area contributed by atoms with Crippen LogP contribution in [0.2, 0.25) is 0 Å². The fraction of sp³-hybridized carbons (Fsp3) is 0.692. The Hall–Kier alpha value is -0.880. The van der Waals surface area contributed by atoms with Crippen LogP contribution in [0.15, 0.2) is 10.7 Å². The minimum absolute atomic E-state index is 0.0125. The van der Waals surface area contributed by atoms with E-state index in [-0.39, 0.29) is 5.60 Å². The summed E-state index contributed by atoms with van der Waals surface area (Å²) in [7, 11) is 1.78. The Labute approximate surface area is 122 Å². The molecular formula is C13H21BrN4O. The predicted octanol–water partition coefficient (Wildman–Crippen LogP) is 3.04. The number of aromatic nitrogens is 2. The molecule has 1 aromatic rings. The van der Waals surface area contributed by atoms with Crippen molar-refractivity contribution in [2.24, 2.45) is 0 Å². The Bertz CT molecular complexity index is 418. The molecule has 0 amide bonds. The Kier molecular flexibility index (Phi) is 4.99. The fourth-order valence-electron chi connectivity index (χ4n) is 2.08. The highest BCUT2D eigenvalue weighted by molar-refractivity contribution is 9.10. The standard InChI is InChI=1S/C13H21BrN4O/c1-3-7-15-12-16-8-10(14)11(18-12)17-9-13(19-2)5-4-6-13/h8H,3-7,9H2,1-2H3,(H2,15,16,17,18). The van der Waals surface area contributed by atoms with Gasteiger partial charge in [-0.2, -0.15) is 4.98 Å². The Morgan fingerprint density at radius 1 is 1.42 bits per heavy atom. The number of hydrogen-bond acceptors (Lipinski definition) is 5. The Balaban J connectivity index is 1.98. The van der Waals surface area contributed by atoms with Gasteiger partial charge in [-0.3, -0.25) is 0 Å². The molecule has 1 aliphatic carbocycles. The highest BCUT2D eigenvalue weighted by Crippen LogP contribution is 2.35. The number of nitrogens with zero attached hydrogens (tertiary/aromatic N) is 2. The van der Waals surface area contributed by atoms with Crippen molar-refractivity contribution in [1.29, 1.82) is 0 Å². The van der Waals surface area contributed by atoms with Crippen LogP contribution in [0.1, 0.15) is 32.6 Å². The maximum absolute atomic E-state index is 5.59. The first kappa shape index (κ1) is 14.5. The van der Waals surface area contributed by atoms with Crippen LogP contribution in [-0.2, 0) is 4.74 Å². The summed E-state index contributed by atoms with van der Waals surface area (Å²) in [5, 5.41) is 6.55. The zero-order chi connectivity index (χ0) is 13.7. The molecule has 1 fully saturated rings. The lowest BCUT2D eigenvalue weighted by Crippen LogP contribution is -2.45. The molecule has 0 radical (unpaired) electrons. The van der Waals surface area contributed by atoms with Gasteiger partial charge in [-0.05, 0) is 41.6 Å². The van der Waals surface area contributed by atoms with Crippen molar-refractivity contribution in [3.8, 4) is 0 Å². The first-order chi connectivity index (χ1) is 9.19. The quantitative estimate of drug-likeness (QED) is 0.805. The van der Waals surface area contributed by atoms with Gasteiger partial charge in [0.1, 0.15) is 5.82 Å². The van der Waals surface area contributed by atoms with E-state index < -0.39 is 0 Å². The average molecular weight is 329 g/mol. The van der Waals surface area contributed by atoms with Crippen molar-refractivity contribution in [1.82, 2.24) is 9.97 Å². The summed E-state index contributed by atoms with van der Waals surface area (Å²) in [6, 6.07) is 0. The molecule has 106 valence electrons. The molecule has 1 aromatic heterocycles. The molecule has 0 aromatic carbocycles. The maximum Gasteiger partial charge on any atom is 0.224 e. The highest BCUT2D eigenvalue weighted by Gasteiger charge is 2.36. The largest absolute Gasteiger partial charge is 0.376 e. The van der Waals surface area contributed by atoms with Gasteiger partial charge in [0.15, 0.2) is 0 Å². The van der Waals surface area contributed by atoms with E-state index in [0.29, 0.717) is 5.95 Å². The van der Waals surface area contributed by atoms with Crippen molar-refractivity contribution < 1.29 is 4.74 Å². The van der Waals surface area contributed by atoms with Gasteiger partial charge in [-0.1, -0.05) is 6.92 Å². The van der Waals surface area contributed by atoms with Gasteiger partial charge in [0.2, 0.25) is 5.95 Å². The van der Waals surface area contributed by atoms with E-state index in [1.54, 1.807) is 13.3 Å². The molecule has 19 heavy (non-hydrogen) atoms. The summed E-state index contributed by atoms with van der Waals surface area (Å²) in [5.41, 5.74) is -0.0125. The monoisotopic (exact) mass is 328 g/mol. The van der Waals surface area contributed by atoms with Crippen LogP contribution in [0.25, 0.3) is 0 Å². The lowest BCUT2D eigenvalue weighted by Gasteiger charge is -2.40. The fourth-order valence-corrected chi connectivity index (χ4v) is 2.41. The van der Waals surface area contributed by atoms with Crippen molar-refractivity contribution in [3.05, 3.63) is 10.7 Å². The van der Waals surface area contributed by atoms with E-state index in [2.05, 4.69) is 43.5 Å². The number of nitrogens with one attached hydrogen (secondary N) is 2. The number of anilines is 2. The van der Waals surface area contributed by atoms with E-state index in [1.807, 2.05) is 0 Å². The Morgan fingerprint density at radius 3 is 2.79 bits per heavy atom. The molecule has 1 saturated carbocycles. The van der Waals surface area contributed by atoms with Crippen LogP contribution in [-0.4, -0.2) is 35.8 Å². The molecule has 0 saturated heterocycles. The average Bonchev–Trinajstić information content (AvgIpc) is 2.38. The van der Waals surface area contributed by atoms with E-state index >= 15 is 0 Å². The number of methoxy groups -OCH3 is 1. The third-order valence-electron chi connectivity index (χ3n) is 3.55. The van der Waals surface area contributed by atoms with Gasteiger partial charge >= 0.3 is 0 Å². The number of halogens is 1. The summed E-state index contributed by atoms with van der Waals surface area (Å²) >= 11 is 3.47. The first-order valence-electron chi connectivity index (χ1n) is 6.74. The third-order valence-corrected chi connectivity index (χ3v) is 4.13. The maximum atomic E-state index is 5.59. The molecule has 5 nitrogen and oxygen atoms in total. The van der Waals surface area contributed by atoms with Gasteiger partial charge in [0.05, 0.1) is 10.1 Å². The summed E-state index contributed by atoms with van der Waals surface area (Å²) in [6.45, 7) is 3.78. The summed E-state index contributed by atoms with van der Waals surface area (Å²) in [6.07, 6.45) is 6.28. The lowest BCUT2D eigenvalue weighted by molar-refractivity contribution is -0.0601. The van der Waals surface area contributed by atoms with Gasteiger partial charge in [-0.25, -0.2) is 4.98 Å². The molecule has 0 unspecified atom stereocenters. The second kappa shape index (κ2) is 6.52. The van der Waals surface area contributed by atoms with Crippen LogP contribution in [0.4, 0.5) is 11.8 Å². The molecule has 0 atom stereocenters. The van der Waals surface area contributed by atoms with Gasteiger partial charge in [0.25, 0.3) is 0 Å². The first-order valence-corrected chi connectivity index (χ1v) is 7.54. The van der Waals surface area contributed by atoms with Gasteiger partial charge < -0.3 is 15.4 Å². The third kappa shape index (κ3) is 3.57. The lowest BCUT2D eigenvalue weighted by atomic mass is 9.80. The minimum atomic E-state index is -0.0125. The van der Waals surface area contributed by atoms with Crippen LogP contribution in [0, 0.1) is 0 Å². The topological polar surface area (TPSA) is 59.1 Å². The van der Waals surface area contributed by atoms with Crippen molar-refractivity contribution in [2.75, 3.05) is 30.8 Å². The van der Waals surface area contributed by atoms with Crippen molar-refractivity contribution in [2.45, 2.75) is 38.2 Å². The molecule has 0 spiro atoms. The number of rotatable bonds is 7. The normalized spacial score (nSPS) is 16.8. The molecule has 6 heteroatoms. The molecular weight excluding hydrogens is 308 g/mol. The van der Waals surface area contributed by atoms with E-state index in [0.717, 1.165) is 42.6 Å². The second-order valence-corrected chi connectivity index (χ2v) is 5.77. The molecule has 2 N–H and O–H groups in total. The van der Waals surface area contributed by atoms with Gasteiger partial charge in [0, 0.05) is 26.4 Å². The molecule has 1 aliphatic rings. The predicted molar refractivity (Wildman–Crippen MR) is 80.6 cm³/mol. The van der Waals surface area contributed by atoms with Crippen LogP contribution >= 0.6 is 15.9 Å². The summed E-state index contributed by atoms with van der Waals surface area (Å²) < 4.78 is 6.47. The van der Waals surface area contributed by atoms with Crippen molar-refractivity contribution >= 4 is 27.7 Å². The molecule has 0 aliphatic heterocycles. The van der Waals surface area contributed by atoms with Gasteiger partial charge in [-0.15, -0.1) is 0 Å². The zero-order valence-corrected chi connectivity index (χ0v) is 13.1. The van der Waals surface area contributed by atoms with Crippen LogP contribution in [0.3, 0.4) is 0 Å². The number of hydrogen-bond donors (Lipinski definition) is 2. The Morgan fingerprint density at radius 2 is 2.21 bits per heavy atom. The number of ether oxygens (including phenoxy) is 1. The van der Waals surface area contributed by atoms with E-state index in [9.17, 15) is 0 Å². The van der Waals surface area contributed by atoms with E-state index in [1.165, 1.54) is 6.42 Å². The van der Waals surface area contributed by atoms with Crippen molar-refractivity contribution in [3.63, 3.8) is 0 Å². The van der Waals surface area contributed by atoms with E-state index in [4.69, 9.17) is 4.74 Å². The highest BCUT2D eigenvalue weighted by atomic mass is 79.9. The molecule has 2 rings (SSSR count). The molecule has 1 heterocycles. The summed E-state index contributed by atoms with van der Waals surface area (Å²) in [5.74, 6) is 1.48. The SMILES string of the molecule is CCCNc1ncc(Br)c(NCC2(OC)CCC2)n1. The summed E-state index contributed by atoms with van der Waals surface area (Å²) in [4.78, 5) is 8.70.